The SMILES string of the molecule is COc1ccc2cc(/C=N\NC(=O)c3ccc(N(Cc4ccccc4)S(C)(=O)=O)cc3)c(Cl)nc2c1. The smallest absolute Gasteiger partial charge is 0.271 e. The van der Waals surface area contributed by atoms with Crippen LogP contribution in [0.15, 0.2) is 84.0 Å². The zero-order chi connectivity index (χ0) is 25.7. The Morgan fingerprint density at radius 2 is 1.81 bits per heavy atom. The third-order valence-corrected chi connectivity index (χ3v) is 6.81. The van der Waals surface area contributed by atoms with Gasteiger partial charge in [-0.15, -0.1) is 0 Å². The summed E-state index contributed by atoms with van der Waals surface area (Å²) < 4.78 is 31.2. The molecule has 0 aliphatic rings. The Labute approximate surface area is 214 Å². The number of ether oxygens (including phenoxy) is 1. The second-order valence-corrected chi connectivity index (χ2v) is 10.2. The average molecular weight is 523 g/mol. The van der Waals surface area contributed by atoms with Crippen LogP contribution in [0.2, 0.25) is 5.15 Å². The van der Waals surface area contributed by atoms with Crippen LogP contribution >= 0.6 is 11.6 Å². The molecule has 1 amide bonds. The lowest BCUT2D eigenvalue weighted by molar-refractivity contribution is 0.0955. The van der Waals surface area contributed by atoms with Crippen LogP contribution in [0.3, 0.4) is 0 Å². The van der Waals surface area contributed by atoms with E-state index >= 15 is 0 Å². The monoisotopic (exact) mass is 522 g/mol. The Bertz CT molecular complexity index is 1530. The third-order valence-electron chi connectivity index (χ3n) is 5.36. The average Bonchev–Trinajstić information content (AvgIpc) is 2.87. The first-order chi connectivity index (χ1) is 17.2. The molecule has 3 aromatic carbocycles. The summed E-state index contributed by atoms with van der Waals surface area (Å²) in [6.45, 7) is 0.183. The van der Waals surface area contributed by atoms with E-state index in [1.807, 2.05) is 42.5 Å². The molecule has 4 aromatic rings. The van der Waals surface area contributed by atoms with Crippen molar-refractivity contribution in [3.05, 3.63) is 101 Å². The van der Waals surface area contributed by atoms with Gasteiger partial charge in [0.15, 0.2) is 0 Å². The van der Waals surface area contributed by atoms with Gasteiger partial charge in [-0.1, -0.05) is 41.9 Å². The van der Waals surface area contributed by atoms with Crippen LogP contribution in [0.25, 0.3) is 10.9 Å². The summed E-state index contributed by atoms with van der Waals surface area (Å²) >= 11 is 6.26. The molecule has 10 heteroatoms. The number of methoxy groups -OCH3 is 1. The number of carbonyl (C=O) groups is 1. The summed E-state index contributed by atoms with van der Waals surface area (Å²) in [5, 5.41) is 5.07. The second-order valence-electron chi connectivity index (χ2n) is 7.93. The number of pyridine rings is 1. The van der Waals surface area contributed by atoms with E-state index in [0.29, 0.717) is 28.1 Å². The molecule has 0 radical (unpaired) electrons. The molecule has 1 aromatic heterocycles. The van der Waals surface area contributed by atoms with E-state index in [2.05, 4.69) is 15.5 Å². The molecule has 0 unspecified atom stereocenters. The van der Waals surface area contributed by atoms with E-state index in [4.69, 9.17) is 16.3 Å². The zero-order valence-corrected chi connectivity index (χ0v) is 21.1. The first-order valence-electron chi connectivity index (χ1n) is 10.8. The van der Waals surface area contributed by atoms with E-state index in [0.717, 1.165) is 17.2 Å². The van der Waals surface area contributed by atoms with Crippen molar-refractivity contribution in [1.29, 1.82) is 0 Å². The van der Waals surface area contributed by atoms with Gasteiger partial charge in [-0.25, -0.2) is 18.8 Å². The lowest BCUT2D eigenvalue weighted by Gasteiger charge is -2.22. The van der Waals surface area contributed by atoms with Crippen molar-refractivity contribution in [3.8, 4) is 5.75 Å². The molecule has 0 bridgehead atoms. The Hall–Kier alpha value is -3.95. The van der Waals surface area contributed by atoms with Gasteiger partial charge >= 0.3 is 0 Å². The van der Waals surface area contributed by atoms with Gasteiger partial charge < -0.3 is 4.74 Å². The van der Waals surface area contributed by atoms with Crippen LogP contribution in [-0.4, -0.2) is 38.9 Å². The Balaban J connectivity index is 1.46. The molecule has 0 aliphatic carbocycles. The Morgan fingerprint density at radius 1 is 1.08 bits per heavy atom. The van der Waals surface area contributed by atoms with Crippen molar-refractivity contribution in [2.24, 2.45) is 5.10 Å². The minimum atomic E-state index is -3.53. The number of amides is 1. The fourth-order valence-electron chi connectivity index (χ4n) is 3.51. The molecule has 36 heavy (non-hydrogen) atoms. The van der Waals surface area contributed by atoms with Gasteiger partial charge in [0.2, 0.25) is 10.0 Å². The van der Waals surface area contributed by atoms with Gasteiger partial charge in [0.25, 0.3) is 5.91 Å². The molecule has 0 aliphatic heterocycles. The number of nitrogens with one attached hydrogen (secondary N) is 1. The fourth-order valence-corrected chi connectivity index (χ4v) is 4.59. The number of fused-ring (bicyclic) bond motifs is 1. The van der Waals surface area contributed by atoms with Gasteiger partial charge in [0.05, 0.1) is 37.3 Å². The van der Waals surface area contributed by atoms with Gasteiger partial charge in [-0.05, 0) is 48.0 Å². The van der Waals surface area contributed by atoms with Crippen molar-refractivity contribution in [2.75, 3.05) is 17.7 Å². The first-order valence-corrected chi connectivity index (χ1v) is 13.1. The number of halogens is 1. The number of sulfonamides is 1. The number of aromatic nitrogens is 1. The number of benzene rings is 3. The minimum Gasteiger partial charge on any atom is -0.497 e. The van der Waals surface area contributed by atoms with Gasteiger partial charge in [0, 0.05) is 22.6 Å². The third kappa shape index (κ3) is 5.99. The van der Waals surface area contributed by atoms with E-state index in [-0.39, 0.29) is 11.7 Å². The van der Waals surface area contributed by atoms with Crippen molar-refractivity contribution < 1.29 is 17.9 Å². The van der Waals surface area contributed by atoms with Crippen LogP contribution in [0.1, 0.15) is 21.5 Å². The number of hydrogen-bond acceptors (Lipinski definition) is 6. The highest BCUT2D eigenvalue weighted by Crippen LogP contribution is 2.24. The predicted octanol–water partition coefficient (Wildman–Crippen LogP) is 4.63. The molecule has 8 nitrogen and oxygen atoms in total. The topological polar surface area (TPSA) is 101 Å². The molecule has 1 N–H and O–H groups in total. The van der Waals surface area contributed by atoms with Crippen LogP contribution < -0.4 is 14.5 Å². The second kappa shape index (κ2) is 10.8. The molecule has 0 saturated heterocycles. The Kier molecular flexibility index (Phi) is 7.52. The molecule has 0 spiro atoms. The van der Waals surface area contributed by atoms with Gasteiger partial charge in [0.1, 0.15) is 10.9 Å². The molecule has 4 rings (SSSR count). The van der Waals surface area contributed by atoms with Gasteiger partial charge in [-0.2, -0.15) is 5.10 Å². The summed E-state index contributed by atoms with van der Waals surface area (Å²) in [7, 11) is -1.96. The van der Waals surface area contributed by atoms with Crippen LogP contribution in [0.4, 0.5) is 5.69 Å². The number of carbonyl (C=O) groups excluding carboxylic acids is 1. The maximum Gasteiger partial charge on any atom is 0.271 e. The normalized spacial score (nSPS) is 11.5. The first kappa shape index (κ1) is 25.2. The summed E-state index contributed by atoms with van der Waals surface area (Å²) in [4.78, 5) is 16.9. The van der Waals surface area contributed by atoms with E-state index in [1.54, 1.807) is 43.5 Å². The lowest BCUT2D eigenvalue weighted by Crippen LogP contribution is -2.29. The molecule has 0 fully saturated rings. The predicted molar refractivity (Wildman–Crippen MR) is 142 cm³/mol. The minimum absolute atomic E-state index is 0.183. The van der Waals surface area contributed by atoms with E-state index in [1.165, 1.54) is 10.5 Å². The fraction of sp³-hybridized carbons (Fsp3) is 0.115. The quantitative estimate of drug-likeness (QED) is 0.206. The number of anilines is 1. The maximum atomic E-state index is 12.6. The van der Waals surface area contributed by atoms with Crippen molar-refractivity contribution in [1.82, 2.24) is 10.4 Å². The highest BCUT2D eigenvalue weighted by Gasteiger charge is 2.18. The zero-order valence-electron chi connectivity index (χ0n) is 19.6. The van der Waals surface area contributed by atoms with E-state index < -0.39 is 15.9 Å². The van der Waals surface area contributed by atoms with Crippen molar-refractivity contribution in [3.63, 3.8) is 0 Å². The number of nitrogens with zero attached hydrogens (tertiary/aromatic N) is 3. The summed E-state index contributed by atoms with van der Waals surface area (Å²) in [6, 6.07) is 22.8. The molecule has 0 saturated carbocycles. The molecular formula is C26H23ClN4O4S. The van der Waals surface area contributed by atoms with Crippen LogP contribution in [0, 0.1) is 0 Å². The number of hydrazone groups is 1. The van der Waals surface area contributed by atoms with Gasteiger partial charge in [-0.3, -0.25) is 9.10 Å². The molecule has 0 atom stereocenters. The van der Waals surface area contributed by atoms with Crippen LogP contribution in [-0.2, 0) is 16.6 Å². The van der Waals surface area contributed by atoms with E-state index in [9.17, 15) is 13.2 Å². The molecule has 184 valence electrons. The summed E-state index contributed by atoms with van der Waals surface area (Å²) in [5.41, 5.74) is 5.28. The lowest BCUT2D eigenvalue weighted by atomic mass is 10.1. The molecular weight excluding hydrogens is 500 g/mol. The summed E-state index contributed by atoms with van der Waals surface area (Å²) in [6.07, 6.45) is 2.56. The number of rotatable bonds is 8. The maximum absolute atomic E-state index is 12.6. The number of hydrogen-bond donors (Lipinski definition) is 1. The van der Waals surface area contributed by atoms with Crippen LogP contribution in [0.5, 0.6) is 5.75 Å². The standard InChI is InChI=1S/C26H23ClN4O4S/c1-35-23-13-10-20-14-21(25(27)29-24(20)15-23)16-28-30-26(32)19-8-11-22(12-9-19)31(36(2,33)34)17-18-6-4-3-5-7-18/h3-16H,17H2,1-2H3,(H,30,32)/b28-16-. The molecule has 1 heterocycles. The van der Waals surface area contributed by atoms with Crippen molar-refractivity contribution in [2.45, 2.75) is 6.54 Å². The highest BCUT2D eigenvalue weighted by molar-refractivity contribution is 7.92. The highest BCUT2D eigenvalue weighted by atomic mass is 35.5. The largest absolute Gasteiger partial charge is 0.497 e. The van der Waals surface area contributed by atoms with Crippen molar-refractivity contribution >= 4 is 50.3 Å². The Morgan fingerprint density at radius 3 is 2.47 bits per heavy atom. The summed E-state index contributed by atoms with van der Waals surface area (Å²) in [5.74, 6) is 0.215.